The second-order valence-electron chi connectivity index (χ2n) is 14.4. The average molecular weight is 754 g/mol. The third kappa shape index (κ3) is 7.08. The number of carbonyl (C=O) groups is 5. The Morgan fingerprint density at radius 2 is 1.65 bits per heavy atom. The normalized spacial score (nSPS) is 36.6. The first-order chi connectivity index (χ1) is 25.3. The number of allylic oxidation sites excluding steroid dienone is 3. The van der Waals surface area contributed by atoms with Crippen molar-refractivity contribution in [1.29, 1.82) is 0 Å². The lowest BCUT2D eigenvalue weighted by Gasteiger charge is -2.38. The van der Waals surface area contributed by atoms with E-state index in [4.69, 9.17) is 28.4 Å². The summed E-state index contributed by atoms with van der Waals surface area (Å²) < 4.78 is 34.8. The number of rotatable bonds is 2. The van der Waals surface area contributed by atoms with Crippen LogP contribution >= 0.6 is 0 Å². The van der Waals surface area contributed by atoms with Crippen LogP contribution in [0.15, 0.2) is 47.9 Å². The fourth-order valence-corrected chi connectivity index (χ4v) is 7.37. The van der Waals surface area contributed by atoms with Gasteiger partial charge in [-0.05, 0) is 19.9 Å². The number of benzene rings is 1. The summed E-state index contributed by atoms with van der Waals surface area (Å²) in [7, 11) is 1.42. The lowest BCUT2D eigenvalue weighted by molar-refractivity contribution is -0.161. The van der Waals surface area contributed by atoms with Gasteiger partial charge in [0.25, 0.3) is 17.5 Å². The number of phenols is 1. The first kappa shape index (κ1) is 40.4. The van der Waals surface area contributed by atoms with Gasteiger partial charge in [0.05, 0.1) is 47.0 Å². The van der Waals surface area contributed by atoms with Crippen molar-refractivity contribution >= 4 is 29.4 Å². The molecule has 54 heavy (non-hydrogen) atoms. The van der Waals surface area contributed by atoms with Crippen molar-refractivity contribution in [3.8, 4) is 11.5 Å². The van der Waals surface area contributed by atoms with Gasteiger partial charge in [0.15, 0.2) is 0 Å². The molecule has 5 aliphatic rings. The van der Waals surface area contributed by atoms with Crippen LogP contribution in [0.2, 0.25) is 0 Å². The molecule has 4 aliphatic heterocycles. The Morgan fingerprint density at radius 3 is 2.26 bits per heavy atom. The molecule has 292 valence electrons. The number of aliphatic hydroxyl groups excluding tert-OH is 2. The van der Waals surface area contributed by atoms with E-state index in [1.54, 1.807) is 39.8 Å². The maximum absolute atomic E-state index is 14.3. The van der Waals surface area contributed by atoms with Gasteiger partial charge in [-0.3, -0.25) is 19.2 Å². The smallest absolute Gasteiger partial charge is 0.335 e. The number of aromatic hydroxyl groups is 1. The highest BCUT2D eigenvalue weighted by atomic mass is 16.8. The van der Waals surface area contributed by atoms with E-state index >= 15 is 0 Å². The van der Waals surface area contributed by atoms with Crippen molar-refractivity contribution in [3.63, 3.8) is 0 Å². The second kappa shape index (κ2) is 15.1. The standard InChI is InChI=1S/C39H47NO14/c1-17-11-10-12-18(2)37(48)40-24-15-39(51-16-26(42)53-39)29-27(33(24)46)32(45)22(6)35-28(29)36(47)38(8,54-35)50-14-13-25(49-9)19(3)34(52-23(7)41)21(5)31(44)20(4)30(17)43/h10-15,17,19-21,25,30-31,34,43-45H,16H2,1-9H3,(H,40,48)/b11-10+,14-13+,18-12+/t17-,19+,20+,21+,25+,30-,31+,34+,38+,39?/m1/s1. The second-order valence-corrected chi connectivity index (χ2v) is 14.4. The third-order valence-corrected chi connectivity index (χ3v) is 10.6. The Labute approximate surface area is 312 Å². The fraction of sp³-hybridized carbons (Fsp3) is 0.513. The van der Waals surface area contributed by atoms with Gasteiger partial charge < -0.3 is 49.1 Å². The number of carbonyl (C=O) groups excluding carboxylic acids is 5. The van der Waals surface area contributed by atoms with Crippen molar-refractivity contribution in [3.05, 3.63) is 70.2 Å². The van der Waals surface area contributed by atoms with Crippen LogP contribution in [-0.4, -0.2) is 88.7 Å². The van der Waals surface area contributed by atoms with Crippen LogP contribution in [0.1, 0.15) is 80.3 Å². The molecule has 0 radical (unpaired) electrons. The van der Waals surface area contributed by atoms with Gasteiger partial charge in [-0.1, -0.05) is 45.9 Å². The predicted molar refractivity (Wildman–Crippen MR) is 189 cm³/mol. The maximum Gasteiger partial charge on any atom is 0.335 e. The van der Waals surface area contributed by atoms with Gasteiger partial charge in [0, 0.05) is 61.8 Å². The first-order valence-electron chi connectivity index (χ1n) is 17.6. The lowest BCUT2D eigenvalue weighted by atomic mass is 9.78. The van der Waals surface area contributed by atoms with Crippen LogP contribution in [0.3, 0.4) is 0 Å². The van der Waals surface area contributed by atoms with E-state index in [0.717, 1.165) is 12.3 Å². The van der Waals surface area contributed by atoms with Crippen molar-refractivity contribution in [2.45, 2.75) is 91.4 Å². The number of ether oxygens (including phenoxy) is 6. The predicted octanol–water partition coefficient (Wildman–Crippen LogP) is 3.17. The summed E-state index contributed by atoms with van der Waals surface area (Å²) in [5.74, 6) is -11.4. The Balaban J connectivity index is 1.66. The summed E-state index contributed by atoms with van der Waals surface area (Å²) in [6.07, 6.45) is 4.41. The van der Waals surface area contributed by atoms with Gasteiger partial charge in [-0.25, -0.2) is 4.79 Å². The molecule has 15 heteroatoms. The minimum absolute atomic E-state index is 0.00812. The molecule has 4 heterocycles. The molecule has 1 aliphatic carbocycles. The Hall–Kier alpha value is -4.83. The third-order valence-electron chi connectivity index (χ3n) is 10.6. The topological polar surface area (TPSA) is 213 Å². The Morgan fingerprint density at radius 1 is 0.963 bits per heavy atom. The van der Waals surface area contributed by atoms with Gasteiger partial charge in [-0.15, -0.1) is 0 Å². The SMILES string of the molecule is CO[C@H]1/C=C/O[C@@]2(C)Oc3c(C)c(O)c4c(c3C2=O)C2(C=C(NC(=O)/C(C)=C/C=C/[C@@H](C)[C@@H](O)[C@H](C)[C@H](O)[C@H](C)[C@@H](OC(C)=O)[C@H]1C)C4=O)OCC(=O)O2. The highest BCUT2D eigenvalue weighted by Gasteiger charge is 2.58. The zero-order valence-corrected chi connectivity index (χ0v) is 31.6. The maximum atomic E-state index is 14.3. The van der Waals surface area contributed by atoms with E-state index in [9.17, 15) is 39.3 Å². The molecule has 6 rings (SSSR count). The molecule has 10 atom stereocenters. The number of hydrogen-bond acceptors (Lipinski definition) is 14. The van der Waals surface area contributed by atoms with Crippen LogP contribution < -0.4 is 10.1 Å². The molecular weight excluding hydrogens is 706 g/mol. The minimum atomic E-state index is -2.21. The van der Waals surface area contributed by atoms with E-state index in [1.165, 1.54) is 47.0 Å². The first-order valence-corrected chi connectivity index (χ1v) is 17.6. The minimum Gasteiger partial charge on any atom is -0.507 e. The van der Waals surface area contributed by atoms with Gasteiger partial charge in [0.2, 0.25) is 5.78 Å². The lowest BCUT2D eigenvalue weighted by Crippen LogP contribution is -2.46. The van der Waals surface area contributed by atoms with Gasteiger partial charge >= 0.3 is 17.7 Å². The van der Waals surface area contributed by atoms with E-state index in [2.05, 4.69) is 5.32 Å². The molecule has 1 aromatic carbocycles. The molecular formula is C39H47NO14. The van der Waals surface area contributed by atoms with Crippen LogP contribution in [0.5, 0.6) is 11.5 Å². The summed E-state index contributed by atoms with van der Waals surface area (Å²) >= 11 is 0. The number of nitrogens with one attached hydrogen (secondary N) is 1. The number of Topliss-reactive ketones (excluding diaryl/α,β-unsaturated/α-hetero) is 2. The number of esters is 2. The fourth-order valence-electron chi connectivity index (χ4n) is 7.37. The molecule has 1 saturated heterocycles. The van der Waals surface area contributed by atoms with Crippen molar-refractivity contribution in [2.75, 3.05) is 13.7 Å². The number of phenolic OH excluding ortho intramolecular Hbond substituents is 1. The zero-order valence-electron chi connectivity index (χ0n) is 31.6. The van der Waals surface area contributed by atoms with Crippen molar-refractivity contribution in [2.24, 2.45) is 23.7 Å². The number of fused-ring (bicyclic) bond motifs is 13. The molecule has 15 nitrogen and oxygen atoms in total. The zero-order chi connectivity index (χ0) is 40.0. The van der Waals surface area contributed by atoms with E-state index in [0.29, 0.717) is 0 Å². The van der Waals surface area contributed by atoms with Gasteiger partial charge in [-0.2, -0.15) is 0 Å². The highest BCUT2D eigenvalue weighted by Crippen LogP contribution is 2.53. The average Bonchev–Trinajstić information content (AvgIpc) is 3.62. The molecule has 1 aromatic rings. The Kier molecular flexibility index (Phi) is 11.3. The van der Waals surface area contributed by atoms with Crippen molar-refractivity contribution < 1.29 is 67.7 Å². The summed E-state index contributed by atoms with van der Waals surface area (Å²) in [5, 5.41) is 36.6. The number of hydrogen-bond donors (Lipinski definition) is 4. The quantitative estimate of drug-likeness (QED) is 0.320. The molecule has 5 bridgehead atoms. The van der Waals surface area contributed by atoms with Crippen molar-refractivity contribution in [1.82, 2.24) is 5.32 Å². The summed E-state index contributed by atoms with van der Waals surface area (Å²) in [4.78, 5) is 66.6. The molecule has 1 spiro atoms. The number of amides is 1. The molecule has 4 N–H and O–H groups in total. The number of aliphatic hydroxyl groups is 2. The molecule has 0 aromatic heterocycles. The van der Waals surface area contributed by atoms with E-state index < -0.39 is 107 Å². The summed E-state index contributed by atoms with van der Waals surface area (Å²) in [5.41, 5.74) is -1.23. The van der Waals surface area contributed by atoms with Crippen LogP contribution in [0, 0.1) is 30.6 Å². The molecule has 1 amide bonds. The number of ketones is 2. The largest absolute Gasteiger partial charge is 0.507 e. The molecule has 0 saturated carbocycles. The Bertz CT molecular complexity index is 1880. The van der Waals surface area contributed by atoms with Gasteiger partial charge in [0.1, 0.15) is 24.2 Å². The van der Waals surface area contributed by atoms with E-state index in [1.807, 2.05) is 0 Å². The van der Waals surface area contributed by atoms with E-state index in [-0.39, 0.29) is 33.7 Å². The van der Waals surface area contributed by atoms with Crippen LogP contribution in [0.25, 0.3) is 0 Å². The van der Waals surface area contributed by atoms with Crippen LogP contribution in [-0.2, 0) is 43.9 Å². The molecule has 1 unspecified atom stereocenters. The highest BCUT2D eigenvalue weighted by molar-refractivity contribution is 6.19. The number of methoxy groups -OCH3 is 1. The monoisotopic (exact) mass is 753 g/mol. The summed E-state index contributed by atoms with van der Waals surface area (Å²) in [6, 6.07) is 0. The van der Waals surface area contributed by atoms with Crippen LogP contribution in [0.4, 0.5) is 0 Å². The summed E-state index contributed by atoms with van der Waals surface area (Å²) in [6.45, 7) is 11.7. The molecule has 1 fully saturated rings.